The summed E-state index contributed by atoms with van der Waals surface area (Å²) in [5.74, 6) is 2.46. The standard InChI is InChI=1S/C17H21N3O2S/c1-21-9-14-16(22-2)17(19-11-18-14)20-13-8-15(23-10-13)12-6-4-3-5-7-12/h3-7,11,13,15H,8-10H2,1-2H3,(H,18,19,20). The van der Waals surface area contributed by atoms with E-state index >= 15 is 0 Å². The Morgan fingerprint density at radius 2 is 2.04 bits per heavy atom. The van der Waals surface area contributed by atoms with Gasteiger partial charge in [0.15, 0.2) is 11.6 Å². The largest absolute Gasteiger partial charge is 0.491 e. The Morgan fingerprint density at radius 3 is 2.78 bits per heavy atom. The Morgan fingerprint density at radius 1 is 1.22 bits per heavy atom. The second-order valence-electron chi connectivity index (χ2n) is 5.44. The van der Waals surface area contributed by atoms with E-state index in [4.69, 9.17) is 9.47 Å². The zero-order valence-electron chi connectivity index (χ0n) is 13.4. The molecule has 2 unspecified atom stereocenters. The maximum absolute atomic E-state index is 5.48. The minimum atomic E-state index is 0.365. The second-order valence-corrected chi connectivity index (χ2v) is 6.68. The van der Waals surface area contributed by atoms with Gasteiger partial charge in [-0.25, -0.2) is 9.97 Å². The molecule has 1 aliphatic heterocycles. The average Bonchev–Trinajstić information content (AvgIpc) is 3.05. The van der Waals surface area contributed by atoms with Crippen molar-refractivity contribution in [1.82, 2.24) is 9.97 Å². The van der Waals surface area contributed by atoms with Gasteiger partial charge in [-0.15, -0.1) is 0 Å². The van der Waals surface area contributed by atoms with E-state index in [0.717, 1.165) is 23.7 Å². The average molecular weight is 331 g/mol. The quantitative estimate of drug-likeness (QED) is 0.876. The van der Waals surface area contributed by atoms with Gasteiger partial charge in [0.05, 0.1) is 13.7 Å². The second kappa shape index (κ2) is 7.66. The van der Waals surface area contributed by atoms with Gasteiger partial charge in [-0.3, -0.25) is 0 Å². The van der Waals surface area contributed by atoms with Crippen molar-refractivity contribution >= 4 is 17.6 Å². The number of aromatic nitrogens is 2. The Bertz CT molecular complexity index is 639. The van der Waals surface area contributed by atoms with Crippen LogP contribution in [0.4, 0.5) is 5.82 Å². The van der Waals surface area contributed by atoms with E-state index in [1.54, 1.807) is 20.5 Å². The molecule has 1 aliphatic rings. The molecule has 6 heteroatoms. The highest BCUT2D eigenvalue weighted by Crippen LogP contribution is 2.41. The number of nitrogens with one attached hydrogen (secondary N) is 1. The molecule has 0 spiro atoms. The summed E-state index contributed by atoms with van der Waals surface area (Å²) < 4.78 is 10.6. The van der Waals surface area contributed by atoms with E-state index < -0.39 is 0 Å². The number of benzene rings is 1. The topological polar surface area (TPSA) is 56.3 Å². The maximum atomic E-state index is 5.48. The molecule has 1 saturated heterocycles. The lowest BCUT2D eigenvalue weighted by Gasteiger charge is -2.17. The molecule has 0 bridgehead atoms. The summed E-state index contributed by atoms with van der Waals surface area (Å²) in [4.78, 5) is 8.57. The van der Waals surface area contributed by atoms with E-state index in [9.17, 15) is 0 Å². The third-order valence-electron chi connectivity index (χ3n) is 3.87. The van der Waals surface area contributed by atoms with Crippen LogP contribution in [-0.2, 0) is 11.3 Å². The van der Waals surface area contributed by atoms with Crippen LogP contribution in [0, 0.1) is 0 Å². The maximum Gasteiger partial charge on any atom is 0.185 e. The smallest absolute Gasteiger partial charge is 0.185 e. The normalized spacial score (nSPS) is 20.4. The number of ether oxygens (including phenoxy) is 2. The SMILES string of the molecule is COCc1ncnc(NC2CSC(c3ccccc3)C2)c1OC. The summed E-state index contributed by atoms with van der Waals surface area (Å²) in [7, 11) is 3.28. The fourth-order valence-electron chi connectivity index (χ4n) is 2.79. The molecule has 1 aromatic heterocycles. The highest BCUT2D eigenvalue weighted by atomic mass is 32.2. The van der Waals surface area contributed by atoms with E-state index in [1.807, 2.05) is 11.8 Å². The molecule has 122 valence electrons. The highest BCUT2D eigenvalue weighted by molar-refractivity contribution is 7.99. The zero-order valence-corrected chi connectivity index (χ0v) is 14.2. The van der Waals surface area contributed by atoms with Crippen molar-refractivity contribution in [3.63, 3.8) is 0 Å². The van der Waals surface area contributed by atoms with Gasteiger partial charge in [-0.2, -0.15) is 11.8 Å². The number of methoxy groups -OCH3 is 2. The van der Waals surface area contributed by atoms with Crippen LogP contribution in [0.3, 0.4) is 0 Å². The third-order valence-corrected chi connectivity index (χ3v) is 5.33. The van der Waals surface area contributed by atoms with Crippen molar-refractivity contribution in [3.8, 4) is 5.75 Å². The number of rotatable bonds is 6. The summed E-state index contributed by atoms with van der Waals surface area (Å²) in [5.41, 5.74) is 2.15. The minimum Gasteiger partial charge on any atom is -0.491 e. The monoisotopic (exact) mass is 331 g/mol. The van der Waals surface area contributed by atoms with Crippen LogP contribution in [0.15, 0.2) is 36.7 Å². The van der Waals surface area contributed by atoms with Crippen molar-refractivity contribution in [3.05, 3.63) is 47.9 Å². The molecule has 0 radical (unpaired) electrons. The highest BCUT2D eigenvalue weighted by Gasteiger charge is 2.27. The van der Waals surface area contributed by atoms with Gasteiger partial charge in [0.1, 0.15) is 12.0 Å². The fraction of sp³-hybridized carbons (Fsp3) is 0.412. The number of thioether (sulfide) groups is 1. The first kappa shape index (κ1) is 16.1. The van der Waals surface area contributed by atoms with Crippen LogP contribution >= 0.6 is 11.8 Å². The van der Waals surface area contributed by atoms with Gasteiger partial charge in [0.25, 0.3) is 0 Å². The molecule has 0 saturated carbocycles. The molecule has 2 heterocycles. The van der Waals surface area contributed by atoms with Crippen molar-refractivity contribution in [2.75, 3.05) is 25.3 Å². The van der Waals surface area contributed by atoms with Crippen molar-refractivity contribution in [2.45, 2.75) is 24.3 Å². The van der Waals surface area contributed by atoms with E-state index in [0.29, 0.717) is 23.6 Å². The Hall–Kier alpha value is -1.79. The third kappa shape index (κ3) is 3.76. The Balaban J connectivity index is 1.70. The molecule has 0 aliphatic carbocycles. The summed E-state index contributed by atoms with van der Waals surface area (Å²) in [6.07, 6.45) is 2.62. The van der Waals surface area contributed by atoms with E-state index in [2.05, 4.69) is 45.6 Å². The number of hydrogen-bond donors (Lipinski definition) is 1. The molecular weight excluding hydrogens is 310 g/mol. The predicted molar refractivity (Wildman–Crippen MR) is 93.0 cm³/mol. The van der Waals surface area contributed by atoms with Crippen LogP contribution in [0.25, 0.3) is 0 Å². The van der Waals surface area contributed by atoms with E-state index in [-0.39, 0.29) is 0 Å². The molecule has 2 aromatic rings. The summed E-state index contributed by atoms with van der Waals surface area (Å²) in [6.45, 7) is 0.409. The number of hydrogen-bond acceptors (Lipinski definition) is 6. The van der Waals surface area contributed by atoms with Gasteiger partial charge in [0.2, 0.25) is 0 Å². The molecule has 1 aromatic carbocycles. The first-order valence-electron chi connectivity index (χ1n) is 7.61. The summed E-state index contributed by atoms with van der Waals surface area (Å²) >= 11 is 1.98. The molecule has 0 amide bonds. The van der Waals surface area contributed by atoms with Crippen LogP contribution in [0.5, 0.6) is 5.75 Å². The lowest BCUT2D eigenvalue weighted by molar-refractivity contribution is 0.178. The predicted octanol–water partition coefficient (Wildman–Crippen LogP) is 3.29. The minimum absolute atomic E-state index is 0.365. The van der Waals surface area contributed by atoms with Crippen molar-refractivity contribution in [1.29, 1.82) is 0 Å². The number of anilines is 1. The molecule has 5 nitrogen and oxygen atoms in total. The van der Waals surface area contributed by atoms with Crippen LogP contribution in [-0.4, -0.2) is 36.0 Å². The lowest BCUT2D eigenvalue weighted by Crippen LogP contribution is -2.20. The van der Waals surface area contributed by atoms with Crippen LogP contribution < -0.4 is 10.1 Å². The molecule has 23 heavy (non-hydrogen) atoms. The Labute approximate surface area is 140 Å². The zero-order chi connectivity index (χ0) is 16.1. The van der Waals surface area contributed by atoms with E-state index in [1.165, 1.54) is 5.56 Å². The lowest BCUT2D eigenvalue weighted by atomic mass is 10.1. The summed E-state index contributed by atoms with van der Waals surface area (Å²) in [5, 5.41) is 4.03. The molecule has 3 rings (SSSR count). The van der Waals surface area contributed by atoms with Crippen molar-refractivity contribution < 1.29 is 9.47 Å². The first-order valence-corrected chi connectivity index (χ1v) is 8.66. The molecule has 1 N–H and O–H groups in total. The van der Waals surface area contributed by atoms with Gasteiger partial charge in [-0.05, 0) is 12.0 Å². The van der Waals surface area contributed by atoms with Gasteiger partial charge in [0, 0.05) is 24.2 Å². The van der Waals surface area contributed by atoms with Gasteiger partial charge in [-0.1, -0.05) is 30.3 Å². The Kier molecular flexibility index (Phi) is 5.35. The molecule has 1 fully saturated rings. The van der Waals surface area contributed by atoms with Gasteiger partial charge >= 0.3 is 0 Å². The number of nitrogens with zero attached hydrogens (tertiary/aromatic N) is 2. The fourth-order valence-corrected chi connectivity index (χ4v) is 4.19. The van der Waals surface area contributed by atoms with Crippen LogP contribution in [0.2, 0.25) is 0 Å². The van der Waals surface area contributed by atoms with Crippen LogP contribution in [0.1, 0.15) is 22.9 Å². The van der Waals surface area contributed by atoms with Gasteiger partial charge < -0.3 is 14.8 Å². The first-order chi connectivity index (χ1) is 11.3. The molecule has 2 atom stereocenters. The molecular formula is C17H21N3O2S. The summed E-state index contributed by atoms with van der Waals surface area (Å²) in [6, 6.07) is 11.0. The van der Waals surface area contributed by atoms with Crippen molar-refractivity contribution in [2.24, 2.45) is 0 Å².